The van der Waals surface area contributed by atoms with Crippen LogP contribution in [0.1, 0.15) is 51.9 Å². The van der Waals surface area contributed by atoms with Crippen LogP contribution in [0.4, 0.5) is 0 Å². The zero-order chi connectivity index (χ0) is 23.4. The fourth-order valence-electron chi connectivity index (χ4n) is 3.15. The van der Waals surface area contributed by atoms with E-state index in [2.05, 4.69) is 21.3 Å². The van der Waals surface area contributed by atoms with E-state index < -0.39 is 41.8 Å². The van der Waals surface area contributed by atoms with Crippen molar-refractivity contribution in [2.75, 3.05) is 13.1 Å². The molecule has 1 saturated heterocycles. The first kappa shape index (κ1) is 26.3. The molecule has 1 heterocycles. The molecular formula is C19H34N6O6. The molecule has 0 aliphatic carbocycles. The van der Waals surface area contributed by atoms with Gasteiger partial charge in [-0.2, -0.15) is 0 Å². The molecule has 12 nitrogen and oxygen atoms in total. The summed E-state index contributed by atoms with van der Waals surface area (Å²) in [6.45, 7) is 2.43. The standard InChI is InChI=1S/C19H34N6O6/c1-11(19(30)31)23-17(28)14(7-8-15(21)26)25-18(29)13(5-2-3-9-20)24-16(27)12-6-4-10-22-12/h11-14,22H,2-10,20H2,1H3,(H2,21,26)(H,23,28)(H,24,27)(H,25,29)(H,30,31). The maximum atomic E-state index is 12.9. The third kappa shape index (κ3) is 9.75. The third-order valence-corrected chi connectivity index (χ3v) is 5.00. The Morgan fingerprint density at radius 3 is 2.23 bits per heavy atom. The second-order valence-electron chi connectivity index (χ2n) is 7.63. The van der Waals surface area contributed by atoms with Crippen molar-refractivity contribution in [1.29, 1.82) is 0 Å². The Balaban J connectivity index is 2.86. The van der Waals surface area contributed by atoms with E-state index in [1.807, 2.05) is 0 Å². The van der Waals surface area contributed by atoms with Gasteiger partial charge in [0.2, 0.25) is 23.6 Å². The summed E-state index contributed by atoms with van der Waals surface area (Å²) in [5.74, 6) is -3.57. The van der Waals surface area contributed by atoms with E-state index in [0.29, 0.717) is 32.2 Å². The minimum absolute atomic E-state index is 0.104. The molecule has 0 aromatic carbocycles. The minimum atomic E-state index is -1.25. The van der Waals surface area contributed by atoms with E-state index in [1.165, 1.54) is 6.92 Å². The molecule has 12 heteroatoms. The summed E-state index contributed by atoms with van der Waals surface area (Å²) in [6.07, 6.45) is 2.79. The van der Waals surface area contributed by atoms with Gasteiger partial charge in [0.15, 0.2) is 0 Å². The van der Waals surface area contributed by atoms with Crippen molar-refractivity contribution in [1.82, 2.24) is 21.3 Å². The molecule has 4 unspecified atom stereocenters. The van der Waals surface area contributed by atoms with Gasteiger partial charge in [-0.15, -0.1) is 0 Å². The predicted molar refractivity (Wildman–Crippen MR) is 111 cm³/mol. The van der Waals surface area contributed by atoms with Gasteiger partial charge in [-0.1, -0.05) is 0 Å². The molecule has 1 rings (SSSR count). The molecule has 1 aliphatic heterocycles. The van der Waals surface area contributed by atoms with E-state index in [-0.39, 0.29) is 24.8 Å². The van der Waals surface area contributed by atoms with Gasteiger partial charge in [-0.25, -0.2) is 0 Å². The normalized spacial score (nSPS) is 18.5. The minimum Gasteiger partial charge on any atom is -0.480 e. The number of carbonyl (C=O) groups is 5. The maximum Gasteiger partial charge on any atom is 0.325 e. The van der Waals surface area contributed by atoms with Crippen LogP contribution in [0.15, 0.2) is 0 Å². The SMILES string of the molecule is CC(NC(=O)C(CCC(N)=O)NC(=O)C(CCCCN)NC(=O)C1CCCN1)C(=O)O. The Bertz CT molecular complexity index is 652. The largest absolute Gasteiger partial charge is 0.480 e. The van der Waals surface area contributed by atoms with E-state index in [9.17, 15) is 24.0 Å². The highest BCUT2D eigenvalue weighted by Gasteiger charge is 2.30. The summed E-state index contributed by atoms with van der Waals surface area (Å²) in [5, 5.41) is 19.5. The number of primary amides is 1. The molecule has 4 atom stereocenters. The van der Waals surface area contributed by atoms with Crippen molar-refractivity contribution >= 4 is 29.6 Å². The van der Waals surface area contributed by atoms with Gasteiger partial charge in [0.05, 0.1) is 6.04 Å². The Morgan fingerprint density at radius 2 is 1.68 bits per heavy atom. The van der Waals surface area contributed by atoms with E-state index in [4.69, 9.17) is 16.6 Å². The first-order valence-corrected chi connectivity index (χ1v) is 10.5. The average molecular weight is 443 g/mol. The first-order valence-electron chi connectivity index (χ1n) is 10.5. The van der Waals surface area contributed by atoms with Gasteiger partial charge in [-0.3, -0.25) is 24.0 Å². The van der Waals surface area contributed by atoms with Crippen LogP contribution in [-0.2, 0) is 24.0 Å². The number of aliphatic carboxylic acids is 1. The van der Waals surface area contributed by atoms with Crippen LogP contribution < -0.4 is 32.7 Å². The van der Waals surface area contributed by atoms with Gasteiger partial charge >= 0.3 is 5.97 Å². The molecule has 31 heavy (non-hydrogen) atoms. The van der Waals surface area contributed by atoms with Crippen molar-refractivity contribution < 1.29 is 29.1 Å². The number of unbranched alkanes of at least 4 members (excludes halogenated alkanes) is 1. The van der Waals surface area contributed by atoms with Crippen LogP contribution in [0.2, 0.25) is 0 Å². The number of hydrogen-bond acceptors (Lipinski definition) is 7. The number of carbonyl (C=O) groups excluding carboxylic acids is 4. The third-order valence-electron chi connectivity index (χ3n) is 5.00. The van der Waals surface area contributed by atoms with Crippen molar-refractivity contribution in [3.8, 4) is 0 Å². The average Bonchev–Trinajstić information content (AvgIpc) is 3.24. The lowest BCUT2D eigenvalue weighted by Gasteiger charge is -2.24. The molecule has 1 aliphatic rings. The number of carboxylic acid groups (broad SMARTS) is 1. The molecule has 1 fully saturated rings. The summed E-state index contributed by atoms with van der Waals surface area (Å²) >= 11 is 0. The number of amides is 4. The number of nitrogens with two attached hydrogens (primary N) is 2. The molecule has 4 amide bonds. The van der Waals surface area contributed by atoms with Crippen molar-refractivity contribution in [2.24, 2.45) is 11.5 Å². The van der Waals surface area contributed by atoms with Crippen LogP contribution in [0.3, 0.4) is 0 Å². The fraction of sp³-hybridized carbons (Fsp3) is 0.737. The molecule has 0 radical (unpaired) electrons. The summed E-state index contributed by atoms with van der Waals surface area (Å²) in [6, 6.07) is -3.65. The molecule has 0 spiro atoms. The zero-order valence-electron chi connectivity index (χ0n) is 17.8. The second kappa shape index (κ2) is 13.5. The number of rotatable bonds is 14. The summed E-state index contributed by atoms with van der Waals surface area (Å²) in [7, 11) is 0. The Labute approximate surface area is 181 Å². The van der Waals surface area contributed by atoms with Crippen molar-refractivity contribution in [2.45, 2.75) is 76.0 Å². The highest BCUT2D eigenvalue weighted by molar-refractivity contribution is 5.94. The maximum absolute atomic E-state index is 12.9. The topological polar surface area (TPSA) is 206 Å². The molecule has 0 bridgehead atoms. The van der Waals surface area contributed by atoms with Crippen molar-refractivity contribution in [3.05, 3.63) is 0 Å². The lowest BCUT2D eigenvalue weighted by Crippen LogP contribution is -2.56. The molecule has 0 aromatic heterocycles. The van der Waals surface area contributed by atoms with Gasteiger partial charge in [0, 0.05) is 6.42 Å². The van der Waals surface area contributed by atoms with Crippen LogP contribution in [0.5, 0.6) is 0 Å². The summed E-state index contributed by atoms with van der Waals surface area (Å²) in [5.41, 5.74) is 10.7. The highest BCUT2D eigenvalue weighted by atomic mass is 16.4. The monoisotopic (exact) mass is 442 g/mol. The lowest BCUT2D eigenvalue weighted by molar-refractivity contribution is -0.142. The quantitative estimate of drug-likeness (QED) is 0.145. The first-order chi connectivity index (χ1) is 14.6. The predicted octanol–water partition coefficient (Wildman–Crippen LogP) is -2.31. The smallest absolute Gasteiger partial charge is 0.325 e. The molecule has 0 aromatic rings. The van der Waals surface area contributed by atoms with E-state index >= 15 is 0 Å². The van der Waals surface area contributed by atoms with E-state index in [1.54, 1.807) is 0 Å². The summed E-state index contributed by atoms with van der Waals surface area (Å²) in [4.78, 5) is 60.0. The van der Waals surface area contributed by atoms with Crippen LogP contribution in [-0.4, -0.2) is 72.0 Å². The Morgan fingerprint density at radius 1 is 1.03 bits per heavy atom. The fourth-order valence-corrected chi connectivity index (χ4v) is 3.15. The second-order valence-corrected chi connectivity index (χ2v) is 7.63. The zero-order valence-corrected chi connectivity index (χ0v) is 17.8. The Hall–Kier alpha value is -2.73. The van der Waals surface area contributed by atoms with Crippen LogP contribution in [0.25, 0.3) is 0 Å². The Kier molecular flexibility index (Phi) is 11.5. The van der Waals surface area contributed by atoms with Gasteiger partial charge < -0.3 is 37.8 Å². The molecule has 176 valence electrons. The lowest BCUT2D eigenvalue weighted by atomic mass is 10.1. The van der Waals surface area contributed by atoms with E-state index in [0.717, 1.165) is 13.0 Å². The van der Waals surface area contributed by atoms with Gasteiger partial charge in [0.1, 0.15) is 18.1 Å². The number of carboxylic acids is 1. The van der Waals surface area contributed by atoms with Crippen LogP contribution >= 0.6 is 0 Å². The van der Waals surface area contributed by atoms with Crippen molar-refractivity contribution in [3.63, 3.8) is 0 Å². The summed E-state index contributed by atoms with van der Waals surface area (Å²) < 4.78 is 0. The molecular weight excluding hydrogens is 408 g/mol. The van der Waals surface area contributed by atoms with Gasteiger partial charge in [0.25, 0.3) is 0 Å². The molecule has 0 saturated carbocycles. The highest BCUT2D eigenvalue weighted by Crippen LogP contribution is 2.08. The number of hydrogen-bond donors (Lipinski definition) is 7. The number of nitrogens with one attached hydrogen (secondary N) is 4. The molecule has 9 N–H and O–H groups in total. The van der Waals surface area contributed by atoms with Gasteiger partial charge in [-0.05, 0) is 58.5 Å². The van der Waals surface area contributed by atoms with Crippen LogP contribution in [0, 0.1) is 0 Å².